The second kappa shape index (κ2) is 6.14. The monoisotopic (exact) mass is 287 g/mol. The van der Waals surface area contributed by atoms with Crippen molar-refractivity contribution in [3.8, 4) is 11.8 Å². The smallest absolute Gasteiger partial charge is 0.165 e. The number of ether oxygens (including phenoxy) is 1. The first-order chi connectivity index (χ1) is 10.0. The average Bonchev–Trinajstić information content (AvgIpc) is 2.47. The predicted octanol–water partition coefficient (Wildman–Crippen LogP) is 3.62. The molecule has 0 aliphatic rings. The molecule has 5 heteroatoms. The Bertz CT molecular complexity index is 736. The Morgan fingerprint density at radius 1 is 1.29 bits per heavy atom. The van der Waals surface area contributed by atoms with Gasteiger partial charge in [0.15, 0.2) is 17.3 Å². The molecule has 0 aromatic heterocycles. The molecule has 106 valence electrons. The van der Waals surface area contributed by atoms with Crippen LogP contribution in [0.3, 0.4) is 0 Å². The lowest BCUT2D eigenvalue weighted by molar-refractivity contribution is 0.101. The van der Waals surface area contributed by atoms with Crippen LogP contribution in [0.4, 0.5) is 8.78 Å². The minimum atomic E-state index is -0.695. The van der Waals surface area contributed by atoms with Crippen molar-refractivity contribution < 1.29 is 18.3 Å². The van der Waals surface area contributed by atoms with Gasteiger partial charge in [0.25, 0.3) is 0 Å². The normalized spacial score (nSPS) is 10.0. The molecule has 0 atom stereocenters. The van der Waals surface area contributed by atoms with Gasteiger partial charge in [-0.3, -0.25) is 4.79 Å². The van der Waals surface area contributed by atoms with E-state index in [1.165, 1.54) is 37.3 Å². The van der Waals surface area contributed by atoms with Crippen LogP contribution in [-0.2, 0) is 6.61 Å². The molecule has 0 saturated carbocycles. The largest absolute Gasteiger partial charge is 0.486 e. The fourth-order valence-corrected chi connectivity index (χ4v) is 1.77. The van der Waals surface area contributed by atoms with Gasteiger partial charge in [-0.05, 0) is 31.2 Å². The van der Waals surface area contributed by atoms with E-state index in [0.717, 1.165) is 6.07 Å². The van der Waals surface area contributed by atoms with E-state index < -0.39 is 11.6 Å². The summed E-state index contributed by atoms with van der Waals surface area (Å²) in [7, 11) is 0. The summed E-state index contributed by atoms with van der Waals surface area (Å²) < 4.78 is 32.7. The Hall–Kier alpha value is -2.74. The number of hydrogen-bond donors (Lipinski definition) is 0. The van der Waals surface area contributed by atoms with Gasteiger partial charge in [-0.1, -0.05) is 12.1 Å². The van der Waals surface area contributed by atoms with Crippen molar-refractivity contribution in [2.75, 3.05) is 0 Å². The molecule has 0 aliphatic heterocycles. The first-order valence-electron chi connectivity index (χ1n) is 6.13. The number of ketones is 1. The summed E-state index contributed by atoms with van der Waals surface area (Å²) in [5, 5.41) is 8.73. The molecule has 0 aliphatic carbocycles. The minimum Gasteiger partial charge on any atom is -0.486 e. The zero-order chi connectivity index (χ0) is 15.4. The SMILES string of the molecule is CC(=O)c1ccc(OCc2cccc(C#N)c2F)c(F)c1. The summed E-state index contributed by atoms with van der Waals surface area (Å²) in [6.45, 7) is 1.12. The minimum absolute atomic E-state index is 0.0817. The highest BCUT2D eigenvalue weighted by Gasteiger charge is 2.11. The number of carbonyl (C=O) groups is 1. The van der Waals surface area contributed by atoms with Gasteiger partial charge in [-0.15, -0.1) is 0 Å². The van der Waals surface area contributed by atoms with E-state index in [4.69, 9.17) is 10.00 Å². The van der Waals surface area contributed by atoms with E-state index in [-0.39, 0.29) is 34.8 Å². The number of hydrogen-bond acceptors (Lipinski definition) is 3. The summed E-state index contributed by atoms with van der Waals surface area (Å²) in [5.41, 5.74) is 0.296. The van der Waals surface area contributed by atoms with Gasteiger partial charge in [0.05, 0.1) is 5.56 Å². The Labute approximate surface area is 120 Å². The molecule has 2 rings (SSSR count). The maximum Gasteiger partial charge on any atom is 0.165 e. The molecule has 0 bridgehead atoms. The molecule has 0 radical (unpaired) electrons. The van der Waals surface area contributed by atoms with Crippen LogP contribution in [0, 0.1) is 23.0 Å². The van der Waals surface area contributed by atoms with Crippen molar-refractivity contribution in [2.45, 2.75) is 13.5 Å². The number of benzene rings is 2. The molecule has 0 fully saturated rings. The van der Waals surface area contributed by atoms with E-state index in [9.17, 15) is 13.6 Å². The van der Waals surface area contributed by atoms with Crippen molar-refractivity contribution in [1.82, 2.24) is 0 Å². The van der Waals surface area contributed by atoms with Crippen LogP contribution in [0.2, 0.25) is 0 Å². The van der Waals surface area contributed by atoms with E-state index in [1.807, 2.05) is 0 Å². The number of halogens is 2. The van der Waals surface area contributed by atoms with Crippen molar-refractivity contribution in [3.05, 3.63) is 64.7 Å². The maximum absolute atomic E-state index is 13.8. The molecule has 3 nitrogen and oxygen atoms in total. The van der Waals surface area contributed by atoms with Gasteiger partial charge >= 0.3 is 0 Å². The lowest BCUT2D eigenvalue weighted by Crippen LogP contribution is -2.02. The standard InChI is InChI=1S/C16H11F2NO2/c1-10(20)11-5-6-15(14(17)7-11)21-9-13-4-2-3-12(8-19)16(13)18/h2-7H,9H2,1H3. The third kappa shape index (κ3) is 3.23. The second-order valence-electron chi connectivity index (χ2n) is 4.38. The van der Waals surface area contributed by atoms with Crippen molar-refractivity contribution in [3.63, 3.8) is 0 Å². The molecule has 0 spiro atoms. The van der Waals surface area contributed by atoms with Gasteiger partial charge in [0, 0.05) is 11.1 Å². The van der Waals surface area contributed by atoms with Crippen LogP contribution in [-0.4, -0.2) is 5.78 Å². The van der Waals surface area contributed by atoms with Crippen LogP contribution in [0.1, 0.15) is 28.4 Å². The molecule has 0 saturated heterocycles. The summed E-state index contributed by atoms with van der Waals surface area (Å²) >= 11 is 0. The van der Waals surface area contributed by atoms with Crippen LogP contribution in [0.15, 0.2) is 36.4 Å². The Morgan fingerprint density at radius 3 is 2.67 bits per heavy atom. The van der Waals surface area contributed by atoms with Crippen LogP contribution in [0.25, 0.3) is 0 Å². The molecular weight excluding hydrogens is 276 g/mol. The molecule has 2 aromatic carbocycles. The van der Waals surface area contributed by atoms with Gasteiger partial charge in [0.2, 0.25) is 0 Å². The van der Waals surface area contributed by atoms with Crippen molar-refractivity contribution >= 4 is 5.78 Å². The van der Waals surface area contributed by atoms with E-state index in [1.54, 1.807) is 6.07 Å². The molecular formula is C16H11F2NO2. The summed E-state index contributed by atoms with van der Waals surface area (Å²) in [5.74, 6) is -1.71. The van der Waals surface area contributed by atoms with E-state index in [0.29, 0.717) is 0 Å². The van der Waals surface area contributed by atoms with Crippen molar-refractivity contribution in [2.24, 2.45) is 0 Å². The van der Waals surface area contributed by atoms with Crippen molar-refractivity contribution in [1.29, 1.82) is 5.26 Å². The molecule has 2 aromatic rings. The molecule has 0 N–H and O–H groups in total. The number of nitrogens with zero attached hydrogens (tertiary/aromatic N) is 1. The Kier molecular flexibility index (Phi) is 4.29. The first-order valence-corrected chi connectivity index (χ1v) is 6.13. The summed E-state index contributed by atoms with van der Waals surface area (Å²) in [4.78, 5) is 11.1. The Morgan fingerprint density at radius 2 is 2.05 bits per heavy atom. The van der Waals surface area contributed by atoms with Crippen LogP contribution in [0.5, 0.6) is 5.75 Å². The highest BCUT2D eigenvalue weighted by molar-refractivity contribution is 5.94. The number of Topliss-reactive ketones (excluding diaryl/α,β-unsaturated/α-hetero) is 1. The zero-order valence-corrected chi connectivity index (χ0v) is 11.2. The van der Waals surface area contributed by atoms with Gasteiger partial charge in [-0.25, -0.2) is 8.78 Å². The molecule has 0 heterocycles. The average molecular weight is 287 g/mol. The third-order valence-electron chi connectivity index (χ3n) is 2.92. The number of carbonyl (C=O) groups excluding carboxylic acids is 1. The highest BCUT2D eigenvalue weighted by atomic mass is 19.1. The lowest BCUT2D eigenvalue weighted by atomic mass is 10.1. The highest BCUT2D eigenvalue weighted by Crippen LogP contribution is 2.21. The van der Waals surface area contributed by atoms with Gasteiger partial charge in [0.1, 0.15) is 18.5 Å². The van der Waals surface area contributed by atoms with Crippen LogP contribution >= 0.6 is 0 Å². The molecule has 0 amide bonds. The van der Waals surface area contributed by atoms with E-state index >= 15 is 0 Å². The summed E-state index contributed by atoms with van der Waals surface area (Å²) in [6, 6.07) is 9.87. The fraction of sp³-hybridized carbons (Fsp3) is 0.125. The quantitative estimate of drug-likeness (QED) is 0.807. The maximum atomic E-state index is 13.8. The van der Waals surface area contributed by atoms with Gasteiger partial charge < -0.3 is 4.74 Å². The third-order valence-corrected chi connectivity index (χ3v) is 2.92. The fourth-order valence-electron chi connectivity index (χ4n) is 1.77. The Balaban J connectivity index is 2.18. The lowest BCUT2D eigenvalue weighted by Gasteiger charge is -2.09. The van der Waals surface area contributed by atoms with E-state index in [2.05, 4.69) is 0 Å². The summed E-state index contributed by atoms with van der Waals surface area (Å²) in [6.07, 6.45) is 0. The second-order valence-corrected chi connectivity index (χ2v) is 4.38. The molecule has 21 heavy (non-hydrogen) atoms. The zero-order valence-electron chi connectivity index (χ0n) is 11.2. The number of nitriles is 1. The first kappa shape index (κ1) is 14.7. The van der Waals surface area contributed by atoms with Gasteiger partial charge in [-0.2, -0.15) is 5.26 Å². The topological polar surface area (TPSA) is 50.1 Å². The molecule has 0 unspecified atom stereocenters. The predicted molar refractivity (Wildman–Crippen MR) is 71.9 cm³/mol. The van der Waals surface area contributed by atoms with Crippen LogP contribution < -0.4 is 4.74 Å². The number of rotatable bonds is 4.